The number of nitrogens with zero attached hydrogens (tertiary/aromatic N) is 4. The van der Waals surface area contributed by atoms with Crippen molar-refractivity contribution in [2.45, 2.75) is 0 Å². The first-order chi connectivity index (χ1) is 6.84. The van der Waals surface area contributed by atoms with Crippen LogP contribution in [0.3, 0.4) is 0 Å². The summed E-state index contributed by atoms with van der Waals surface area (Å²) in [5.41, 5.74) is 6.15. The van der Waals surface area contributed by atoms with Gasteiger partial charge in [-0.2, -0.15) is 0 Å². The molecule has 0 atom stereocenters. The Kier molecular flexibility index (Phi) is 2.18. The molecular weight excluding hydrogens is 180 g/mol. The van der Waals surface area contributed by atoms with E-state index in [1.165, 1.54) is 12.5 Å². The highest BCUT2D eigenvalue weighted by atomic mass is 15.0. The number of anilines is 3. The summed E-state index contributed by atoms with van der Waals surface area (Å²) in [5.74, 6) is 0.994. The molecule has 2 rings (SSSR count). The zero-order chi connectivity index (χ0) is 9.80. The van der Waals surface area contributed by atoms with E-state index in [4.69, 9.17) is 5.73 Å². The summed E-state index contributed by atoms with van der Waals surface area (Å²) in [5, 5.41) is 2.98. The van der Waals surface area contributed by atoms with Crippen molar-refractivity contribution in [2.24, 2.45) is 0 Å². The molecule has 0 saturated carbocycles. The fourth-order valence-electron chi connectivity index (χ4n) is 0.914. The molecule has 0 bridgehead atoms. The first kappa shape index (κ1) is 8.36. The quantitative estimate of drug-likeness (QED) is 0.717. The third kappa shape index (κ3) is 1.92. The lowest BCUT2D eigenvalue weighted by atomic mass is 10.5. The van der Waals surface area contributed by atoms with Gasteiger partial charge in [0.1, 0.15) is 18.0 Å². The number of hydrogen-bond donors (Lipinski definition) is 2. The Labute approximate surface area is 80.3 Å². The fraction of sp³-hybridized carbons (Fsp3) is 0. The number of hydrogen-bond acceptors (Lipinski definition) is 6. The van der Waals surface area contributed by atoms with Gasteiger partial charge in [0.15, 0.2) is 0 Å². The molecule has 14 heavy (non-hydrogen) atoms. The van der Waals surface area contributed by atoms with E-state index in [1.54, 1.807) is 18.6 Å². The van der Waals surface area contributed by atoms with Gasteiger partial charge in [-0.05, 0) is 0 Å². The first-order valence-corrected chi connectivity index (χ1v) is 3.94. The van der Waals surface area contributed by atoms with E-state index in [9.17, 15) is 0 Å². The second-order valence-electron chi connectivity index (χ2n) is 2.58. The van der Waals surface area contributed by atoms with Gasteiger partial charge in [-0.15, -0.1) is 0 Å². The van der Waals surface area contributed by atoms with Crippen LogP contribution in [0, 0.1) is 0 Å². The number of nitrogens with two attached hydrogens (primary N) is 1. The zero-order valence-corrected chi connectivity index (χ0v) is 7.25. The zero-order valence-electron chi connectivity index (χ0n) is 7.25. The summed E-state index contributed by atoms with van der Waals surface area (Å²) in [6.07, 6.45) is 7.77. The van der Waals surface area contributed by atoms with Crippen LogP contribution in [0.1, 0.15) is 0 Å². The van der Waals surface area contributed by atoms with Crippen molar-refractivity contribution in [3.05, 3.63) is 31.1 Å². The maximum absolute atomic E-state index is 5.39. The SMILES string of the molecule is Nc1cnc(Nc2cncnc2)cn1. The Morgan fingerprint density at radius 3 is 2.43 bits per heavy atom. The summed E-state index contributed by atoms with van der Waals surface area (Å²) < 4.78 is 0. The van der Waals surface area contributed by atoms with E-state index in [2.05, 4.69) is 25.3 Å². The minimum absolute atomic E-state index is 0.389. The Balaban J connectivity index is 2.16. The highest BCUT2D eigenvalue weighted by Gasteiger charge is 1.95. The lowest BCUT2D eigenvalue weighted by molar-refractivity contribution is 1.15. The van der Waals surface area contributed by atoms with E-state index >= 15 is 0 Å². The average Bonchev–Trinajstić information content (AvgIpc) is 2.23. The molecule has 0 radical (unpaired) electrons. The molecule has 0 spiro atoms. The lowest BCUT2D eigenvalue weighted by Crippen LogP contribution is -1.97. The van der Waals surface area contributed by atoms with Gasteiger partial charge in [0, 0.05) is 0 Å². The van der Waals surface area contributed by atoms with Gasteiger partial charge < -0.3 is 11.1 Å². The third-order valence-corrected chi connectivity index (χ3v) is 1.50. The molecule has 70 valence electrons. The highest BCUT2D eigenvalue weighted by molar-refractivity contribution is 5.52. The highest BCUT2D eigenvalue weighted by Crippen LogP contribution is 2.10. The van der Waals surface area contributed by atoms with Crippen LogP contribution in [-0.2, 0) is 0 Å². The second-order valence-corrected chi connectivity index (χ2v) is 2.58. The molecule has 2 aromatic rings. The lowest BCUT2D eigenvalue weighted by Gasteiger charge is -2.02. The minimum atomic E-state index is 0.389. The smallest absolute Gasteiger partial charge is 0.149 e. The van der Waals surface area contributed by atoms with Crippen molar-refractivity contribution >= 4 is 17.3 Å². The van der Waals surface area contributed by atoms with Crippen molar-refractivity contribution in [2.75, 3.05) is 11.1 Å². The molecule has 2 heterocycles. The van der Waals surface area contributed by atoms with Crippen LogP contribution < -0.4 is 11.1 Å². The molecule has 0 fully saturated rings. The van der Waals surface area contributed by atoms with Crippen molar-refractivity contribution in [1.29, 1.82) is 0 Å². The summed E-state index contributed by atoms with van der Waals surface area (Å²) in [7, 11) is 0. The maximum atomic E-state index is 5.39. The maximum Gasteiger partial charge on any atom is 0.149 e. The Hall–Kier alpha value is -2.24. The third-order valence-electron chi connectivity index (χ3n) is 1.50. The Bertz CT molecular complexity index is 398. The summed E-state index contributed by atoms with van der Waals surface area (Å²) >= 11 is 0. The van der Waals surface area contributed by atoms with Gasteiger partial charge in [-0.3, -0.25) is 0 Å². The van der Waals surface area contributed by atoms with Crippen LogP contribution in [-0.4, -0.2) is 19.9 Å². The van der Waals surface area contributed by atoms with Crippen molar-refractivity contribution in [3.8, 4) is 0 Å². The molecule has 0 unspecified atom stereocenters. The van der Waals surface area contributed by atoms with E-state index in [1.807, 2.05) is 0 Å². The summed E-state index contributed by atoms with van der Waals surface area (Å²) in [4.78, 5) is 15.6. The summed E-state index contributed by atoms with van der Waals surface area (Å²) in [6.45, 7) is 0. The van der Waals surface area contributed by atoms with E-state index in [-0.39, 0.29) is 0 Å². The van der Waals surface area contributed by atoms with E-state index < -0.39 is 0 Å². The number of rotatable bonds is 2. The van der Waals surface area contributed by atoms with Gasteiger partial charge in [-0.25, -0.2) is 19.9 Å². The normalized spacial score (nSPS) is 9.71. The van der Waals surface area contributed by atoms with Gasteiger partial charge in [0.25, 0.3) is 0 Å². The van der Waals surface area contributed by atoms with E-state index in [0.717, 1.165) is 5.69 Å². The molecule has 2 aromatic heterocycles. The predicted molar refractivity (Wildman–Crippen MR) is 51.8 cm³/mol. The standard InChI is InChI=1S/C8H8N6/c9-7-3-13-8(4-12-7)14-6-1-10-5-11-2-6/h1-5H,(H2,9,12)(H,13,14). The molecule has 0 aromatic carbocycles. The Morgan fingerprint density at radius 2 is 1.79 bits per heavy atom. The van der Waals surface area contributed by atoms with Crippen LogP contribution in [0.4, 0.5) is 17.3 Å². The van der Waals surface area contributed by atoms with Gasteiger partial charge in [-0.1, -0.05) is 0 Å². The number of nitrogens with one attached hydrogen (secondary N) is 1. The van der Waals surface area contributed by atoms with Gasteiger partial charge in [0.2, 0.25) is 0 Å². The van der Waals surface area contributed by atoms with Gasteiger partial charge in [0.05, 0.1) is 30.5 Å². The molecule has 0 saturated heterocycles. The largest absolute Gasteiger partial charge is 0.382 e. The van der Waals surface area contributed by atoms with Crippen LogP contribution in [0.2, 0.25) is 0 Å². The first-order valence-electron chi connectivity index (χ1n) is 3.94. The van der Waals surface area contributed by atoms with Crippen LogP contribution in [0.5, 0.6) is 0 Å². The molecule has 6 heteroatoms. The molecule has 0 aliphatic carbocycles. The van der Waals surface area contributed by atoms with Gasteiger partial charge >= 0.3 is 0 Å². The predicted octanol–water partition coefficient (Wildman–Crippen LogP) is 0.592. The number of aromatic nitrogens is 4. The summed E-state index contributed by atoms with van der Waals surface area (Å²) in [6, 6.07) is 0. The van der Waals surface area contributed by atoms with Crippen molar-refractivity contribution in [3.63, 3.8) is 0 Å². The molecule has 6 nitrogen and oxygen atoms in total. The monoisotopic (exact) mass is 188 g/mol. The second kappa shape index (κ2) is 3.65. The number of nitrogen functional groups attached to an aromatic ring is 1. The topological polar surface area (TPSA) is 89.6 Å². The average molecular weight is 188 g/mol. The minimum Gasteiger partial charge on any atom is -0.382 e. The van der Waals surface area contributed by atoms with E-state index in [0.29, 0.717) is 11.6 Å². The molecule has 0 amide bonds. The van der Waals surface area contributed by atoms with Crippen molar-refractivity contribution < 1.29 is 0 Å². The van der Waals surface area contributed by atoms with Crippen LogP contribution >= 0.6 is 0 Å². The van der Waals surface area contributed by atoms with Crippen molar-refractivity contribution in [1.82, 2.24) is 19.9 Å². The molecule has 0 aliphatic heterocycles. The molecule has 3 N–H and O–H groups in total. The van der Waals surface area contributed by atoms with Crippen LogP contribution in [0.25, 0.3) is 0 Å². The molecule has 0 aliphatic rings. The van der Waals surface area contributed by atoms with Crippen LogP contribution in [0.15, 0.2) is 31.1 Å². The molecular formula is C8H8N6. The fourth-order valence-corrected chi connectivity index (χ4v) is 0.914. The Morgan fingerprint density at radius 1 is 1.00 bits per heavy atom.